The van der Waals surface area contributed by atoms with Gasteiger partial charge in [-0.25, -0.2) is 4.98 Å². The monoisotopic (exact) mass is 316 g/mol. The number of hydrogen-bond acceptors (Lipinski definition) is 5. The number of aromatic nitrogens is 1. The third-order valence-electron chi connectivity index (χ3n) is 4.30. The molecule has 3 rings (SSSR count). The van der Waals surface area contributed by atoms with E-state index in [0.717, 1.165) is 23.5 Å². The summed E-state index contributed by atoms with van der Waals surface area (Å²) >= 11 is 0. The maximum atomic E-state index is 12.5. The van der Waals surface area contributed by atoms with E-state index in [1.165, 1.54) is 6.39 Å². The van der Waals surface area contributed by atoms with E-state index in [2.05, 4.69) is 4.98 Å². The summed E-state index contributed by atoms with van der Waals surface area (Å²) in [6.45, 7) is 3.07. The van der Waals surface area contributed by atoms with Crippen molar-refractivity contribution >= 4 is 5.91 Å². The second-order valence-electron chi connectivity index (χ2n) is 5.60. The fraction of sp³-hybridized carbons (Fsp3) is 0.412. The van der Waals surface area contributed by atoms with Crippen molar-refractivity contribution in [2.45, 2.75) is 19.3 Å². The van der Waals surface area contributed by atoms with Crippen LogP contribution in [0.1, 0.15) is 34.2 Å². The zero-order valence-electron chi connectivity index (χ0n) is 13.5. The molecule has 6 nitrogen and oxygen atoms in total. The van der Waals surface area contributed by atoms with E-state index in [1.807, 2.05) is 23.1 Å². The Morgan fingerprint density at radius 2 is 2.17 bits per heavy atom. The maximum Gasteiger partial charge on any atom is 0.276 e. The molecule has 2 aromatic rings. The lowest BCUT2D eigenvalue weighted by Crippen LogP contribution is -2.29. The Morgan fingerprint density at radius 3 is 2.83 bits per heavy atom. The zero-order chi connectivity index (χ0) is 16.4. The summed E-state index contributed by atoms with van der Waals surface area (Å²) in [7, 11) is 3.30. The predicted molar refractivity (Wildman–Crippen MR) is 84.0 cm³/mol. The molecule has 0 N–H and O–H groups in total. The first-order chi connectivity index (χ1) is 11.1. The van der Waals surface area contributed by atoms with Crippen LogP contribution >= 0.6 is 0 Å². The van der Waals surface area contributed by atoms with Gasteiger partial charge in [0.05, 0.1) is 14.2 Å². The number of rotatable bonds is 4. The van der Waals surface area contributed by atoms with E-state index in [-0.39, 0.29) is 11.8 Å². The van der Waals surface area contributed by atoms with Crippen LogP contribution in [-0.4, -0.2) is 43.1 Å². The molecule has 0 aliphatic carbocycles. The first-order valence-corrected chi connectivity index (χ1v) is 7.55. The van der Waals surface area contributed by atoms with E-state index in [9.17, 15) is 4.79 Å². The Bertz CT molecular complexity index is 710. The molecule has 0 bridgehead atoms. The van der Waals surface area contributed by atoms with Crippen LogP contribution < -0.4 is 9.47 Å². The molecule has 1 aliphatic heterocycles. The van der Waals surface area contributed by atoms with Crippen molar-refractivity contribution in [3.05, 3.63) is 41.6 Å². The minimum atomic E-state index is -0.0828. The van der Waals surface area contributed by atoms with Gasteiger partial charge in [0.2, 0.25) is 0 Å². The predicted octanol–water partition coefficient (Wildman–Crippen LogP) is 2.63. The average molecular weight is 316 g/mol. The average Bonchev–Trinajstić information content (AvgIpc) is 3.22. The molecule has 1 unspecified atom stereocenters. The topological polar surface area (TPSA) is 64.8 Å². The number of carbonyl (C=O) groups is 1. The molecule has 23 heavy (non-hydrogen) atoms. The molecule has 0 spiro atoms. The van der Waals surface area contributed by atoms with Crippen molar-refractivity contribution < 1.29 is 18.7 Å². The Balaban J connectivity index is 1.80. The number of amides is 1. The van der Waals surface area contributed by atoms with Gasteiger partial charge in [-0.15, -0.1) is 0 Å². The van der Waals surface area contributed by atoms with E-state index in [1.54, 1.807) is 21.1 Å². The van der Waals surface area contributed by atoms with Crippen LogP contribution in [-0.2, 0) is 0 Å². The molecular weight excluding hydrogens is 296 g/mol. The summed E-state index contributed by atoms with van der Waals surface area (Å²) in [5, 5.41) is 0. The highest BCUT2D eigenvalue weighted by Crippen LogP contribution is 2.36. The highest BCUT2D eigenvalue weighted by Gasteiger charge is 2.31. The maximum absolute atomic E-state index is 12.5. The van der Waals surface area contributed by atoms with Gasteiger partial charge in [-0.3, -0.25) is 4.79 Å². The van der Waals surface area contributed by atoms with Crippen molar-refractivity contribution in [2.75, 3.05) is 27.3 Å². The Labute approximate surface area is 135 Å². The molecule has 0 radical (unpaired) electrons. The Morgan fingerprint density at radius 1 is 1.35 bits per heavy atom. The molecule has 0 saturated carbocycles. The molecule has 1 amide bonds. The number of aryl methyl sites for hydroxylation is 1. The molecule has 122 valence electrons. The highest BCUT2D eigenvalue weighted by molar-refractivity contribution is 5.93. The molecule has 1 fully saturated rings. The largest absolute Gasteiger partial charge is 0.497 e. The molecule has 1 aromatic carbocycles. The summed E-state index contributed by atoms with van der Waals surface area (Å²) in [6, 6.07) is 5.76. The third-order valence-corrected chi connectivity index (χ3v) is 4.30. The molecule has 1 aromatic heterocycles. The van der Waals surface area contributed by atoms with Crippen LogP contribution in [0.15, 0.2) is 29.0 Å². The number of oxazole rings is 1. The number of carbonyl (C=O) groups excluding carboxylic acids is 1. The number of nitrogens with zero attached hydrogens (tertiary/aromatic N) is 2. The molecule has 2 heterocycles. The second-order valence-corrected chi connectivity index (χ2v) is 5.60. The van der Waals surface area contributed by atoms with Gasteiger partial charge < -0.3 is 18.8 Å². The number of benzene rings is 1. The minimum absolute atomic E-state index is 0.0828. The Hall–Kier alpha value is -2.50. The second kappa shape index (κ2) is 6.32. The minimum Gasteiger partial charge on any atom is -0.497 e. The molecule has 1 atom stereocenters. The fourth-order valence-corrected chi connectivity index (χ4v) is 3.02. The van der Waals surface area contributed by atoms with Gasteiger partial charge in [0, 0.05) is 24.6 Å². The Kier molecular flexibility index (Phi) is 4.23. The number of ether oxygens (including phenoxy) is 2. The van der Waals surface area contributed by atoms with Crippen LogP contribution in [0.4, 0.5) is 0 Å². The third kappa shape index (κ3) is 2.88. The lowest BCUT2D eigenvalue weighted by Gasteiger charge is -2.18. The van der Waals surface area contributed by atoms with Crippen molar-refractivity contribution in [3.8, 4) is 11.5 Å². The van der Waals surface area contributed by atoms with Crippen molar-refractivity contribution in [1.29, 1.82) is 0 Å². The smallest absolute Gasteiger partial charge is 0.276 e. The van der Waals surface area contributed by atoms with Gasteiger partial charge in [-0.05, 0) is 31.5 Å². The quantitative estimate of drug-likeness (QED) is 0.867. The first kappa shape index (κ1) is 15.4. The van der Waals surface area contributed by atoms with E-state index in [4.69, 9.17) is 13.9 Å². The standard InChI is InChI=1S/C17H20N2O4/c1-11-16(18-10-23-11)17(20)19-7-6-12(9-19)14-8-13(21-2)4-5-15(14)22-3/h4-5,8,10,12H,6-7,9H2,1-3H3. The van der Waals surface area contributed by atoms with Gasteiger partial charge >= 0.3 is 0 Å². The normalized spacial score (nSPS) is 17.3. The van der Waals surface area contributed by atoms with Gasteiger partial charge in [0.25, 0.3) is 5.91 Å². The summed E-state index contributed by atoms with van der Waals surface area (Å²) in [4.78, 5) is 18.4. The molecule has 1 aliphatic rings. The van der Waals surface area contributed by atoms with Crippen LogP contribution in [0.5, 0.6) is 11.5 Å². The number of hydrogen-bond donors (Lipinski definition) is 0. The first-order valence-electron chi connectivity index (χ1n) is 7.55. The van der Waals surface area contributed by atoms with Crippen molar-refractivity contribution in [3.63, 3.8) is 0 Å². The number of methoxy groups -OCH3 is 2. The van der Waals surface area contributed by atoms with Crippen LogP contribution in [0.3, 0.4) is 0 Å². The van der Waals surface area contributed by atoms with Gasteiger partial charge in [-0.1, -0.05) is 0 Å². The van der Waals surface area contributed by atoms with Crippen LogP contribution in [0.2, 0.25) is 0 Å². The molecule has 6 heteroatoms. The van der Waals surface area contributed by atoms with E-state index < -0.39 is 0 Å². The molecular formula is C17H20N2O4. The summed E-state index contributed by atoms with van der Waals surface area (Å²) in [6.07, 6.45) is 2.19. The lowest BCUT2D eigenvalue weighted by molar-refractivity contribution is 0.0784. The summed E-state index contributed by atoms with van der Waals surface area (Å²) in [5.74, 6) is 2.30. The zero-order valence-corrected chi connectivity index (χ0v) is 13.5. The highest BCUT2D eigenvalue weighted by atomic mass is 16.5. The fourth-order valence-electron chi connectivity index (χ4n) is 3.02. The van der Waals surface area contributed by atoms with Crippen molar-refractivity contribution in [2.24, 2.45) is 0 Å². The van der Waals surface area contributed by atoms with Gasteiger partial charge in [0.1, 0.15) is 17.3 Å². The SMILES string of the molecule is COc1ccc(OC)c(C2CCN(C(=O)c3ncoc3C)C2)c1. The lowest BCUT2D eigenvalue weighted by atomic mass is 9.97. The van der Waals surface area contributed by atoms with Crippen LogP contribution in [0.25, 0.3) is 0 Å². The van der Waals surface area contributed by atoms with Gasteiger partial charge in [-0.2, -0.15) is 0 Å². The summed E-state index contributed by atoms with van der Waals surface area (Å²) in [5.41, 5.74) is 1.46. The van der Waals surface area contributed by atoms with Crippen LogP contribution in [0, 0.1) is 6.92 Å². The van der Waals surface area contributed by atoms with Crippen molar-refractivity contribution in [1.82, 2.24) is 9.88 Å². The van der Waals surface area contributed by atoms with E-state index >= 15 is 0 Å². The molecule has 1 saturated heterocycles. The van der Waals surface area contributed by atoms with E-state index in [0.29, 0.717) is 24.5 Å². The van der Waals surface area contributed by atoms with Gasteiger partial charge in [0.15, 0.2) is 12.1 Å². The summed E-state index contributed by atoms with van der Waals surface area (Å²) < 4.78 is 15.9. The number of likely N-dealkylation sites (tertiary alicyclic amines) is 1.